The highest BCUT2D eigenvalue weighted by atomic mass is 79.9. The lowest BCUT2D eigenvalue weighted by molar-refractivity contribution is -0.486. The van der Waals surface area contributed by atoms with E-state index in [0.717, 1.165) is 6.42 Å². The summed E-state index contributed by atoms with van der Waals surface area (Å²) in [7, 11) is 0. The first-order chi connectivity index (χ1) is 4.34. The van der Waals surface area contributed by atoms with Crippen molar-refractivity contribution >= 4 is 17.3 Å². The van der Waals surface area contributed by atoms with Gasteiger partial charge in [0.15, 0.2) is 11.6 Å². The van der Waals surface area contributed by atoms with E-state index in [1.54, 1.807) is 11.8 Å². The molecule has 0 saturated carbocycles. The van der Waals surface area contributed by atoms with Gasteiger partial charge in [0, 0.05) is 6.61 Å². The average Bonchev–Trinajstić information content (AvgIpc) is 2.18. The molecule has 2 N–H and O–H groups in total. The van der Waals surface area contributed by atoms with Gasteiger partial charge < -0.3 is 22.1 Å². The monoisotopic (exact) mass is 225 g/mol. The Kier molecular flexibility index (Phi) is 5.39. The second-order valence-corrected chi connectivity index (χ2v) is 3.37. The molecule has 2 unspecified atom stereocenters. The van der Waals surface area contributed by atoms with Crippen molar-refractivity contribution in [1.29, 1.82) is 0 Å². The molecule has 2 nitrogen and oxygen atoms in total. The first-order valence-electron chi connectivity index (χ1n) is 3.18. The van der Waals surface area contributed by atoms with E-state index in [9.17, 15) is 0 Å². The van der Waals surface area contributed by atoms with E-state index in [0.29, 0.717) is 17.9 Å². The predicted molar refractivity (Wildman–Crippen MR) is 39.6 cm³/mol. The van der Waals surface area contributed by atoms with E-state index in [-0.39, 0.29) is 17.0 Å². The minimum Gasteiger partial charge on any atom is -1.00 e. The Hall–Kier alpha value is 0.460. The summed E-state index contributed by atoms with van der Waals surface area (Å²) in [5.74, 6) is 0. The molecule has 0 aliphatic carbocycles. The molecule has 0 radical (unpaired) electrons. The third-order valence-corrected chi connectivity index (χ3v) is 2.81. The molecule has 0 spiro atoms. The van der Waals surface area contributed by atoms with Crippen molar-refractivity contribution in [2.75, 3.05) is 6.61 Å². The van der Waals surface area contributed by atoms with Crippen molar-refractivity contribution in [2.24, 2.45) is 0 Å². The Balaban J connectivity index is 0.000000810. The standard InChI is InChI=1S/C6H11NOS.BrH/c1-5-6(2-3-8)9-4-7-5;/h4-6,8H,2-3H2,1H3;1H. The molecule has 1 rings (SSSR count). The van der Waals surface area contributed by atoms with Crippen LogP contribution in [0.1, 0.15) is 13.3 Å². The van der Waals surface area contributed by atoms with Crippen molar-refractivity contribution in [1.82, 2.24) is 0 Å². The van der Waals surface area contributed by atoms with Crippen LogP contribution in [0.15, 0.2) is 0 Å². The van der Waals surface area contributed by atoms with Crippen molar-refractivity contribution in [3.8, 4) is 0 Å². The Morgan fingerprint density at radius 2 is 2.40 bits per heavy atom. The van der Waals surface area contributed by atoms with Gasteiger partial charge in [0.1, 0.15) is 0 Å². The second-order valence-electron chi connectivity index (χ2n) is 2.26. The number of thioether (sulfide) groups is 1. The number of aliphatic hydroxyl groups excluding tert-OH is 1. The molecule has 60 valence electrons. The van der Waals surface area contributed by atoms with E-state index >= 15 is 0 Å². The van der Waals surface area contributed by atoms with E-state index in [4.69, 9.17) is 5.11 Å². The van der Waals surface area contributed by atoms with Gasteiger partial charge in [0.25, 0.3) is 0 Å². The topological polar surface area (TPSA) is 34.2 Å². The molecular weight excluding hydrogens is 214 g/mol. The van der Waals surface area contributed by atoms with E-state index in [2.05, 4.69) is 11.9 Å². The fraction of sp³-hybridized carbons (Fsp3) is 0.833. The normalized spacial score (nSPS) is 30.2. The molecule has 0 fully saturated rings. The summed E-state index contributed by atoms with van der Waals surface area (Å²) >= 11 is 1.78. The second kappa shape index (κ2) is 5.16. The van der Waals surface area contributed by atoms with Gasteiger partial charge in [-0.3, -0.25) is 0 Å². The zero-order valence-corrected chi connectivity index (χ0v) is 8.28. The lowest BCUT2D eigenvalue weighted by Gasteiger charge is -2.04. The summed E-state index contributed by atoms with van der Waals surface area (Å²) in [6, 6.07) is 0.530. The van der Waals surface area contributed by atoms with Gasteiger partial charge in [-0.05, 0) is 13.3 Å². The molecule has 1 aliphatic heterocycles. The van der Waals surface area contributed by atoms with Crippen molar-refractivity contribution in [3.63, 3.8) is 0 Å². The number of rotatable bonds is 2. The molecule has 1 aliphatic rings. The van der Waals surface area contributed by atoms with Crippen LogP contribution in [0.4, 0.5) is 0 Å². The SMILES string of the molecule is CC1[NH+]=CSC1CCO.[Br-]. The molecule has 10 heavy (non-hydrogen) atoms. The zero-order chi connectivity index (χ0) is 6.69. The van der Waals surface area contributed by atoms with Crippen LogP contribution in [-0.2, 0) is 0 Å². The molecule has 2 atom stereocenters. The highest BCUT2D eigenvalue weighted by molar-refractivity contribution is 8.12. The summed E-state index contributed by atoms with van der Waals surface area (Å²) < 4.78 is 0. The molecular formula is C6H12BrNOS. The van der Waals surface area contributed by atoms with E-state index in [1.165, 1.54) is 0 Å². The van der Waals surface area contributed by atoms with Gasteiger partial charge in [-0.2, -0.15) is 0 Å². The maximum Gasteiger partial charge on any atom is 0.197 e. The summed E-state index contributed by atoms with van der Waals surface area (Å²) in [6.07, 6.45) is 0.898. The number of halogens is 1. The molecule has 0 aromatic rings. The first-order valence-corrected chi connectivity index (χ1v) is 4.13. The van der Waals surface area contributed by atoms with Crippen LogP contribution >= 0.6 is 11.8 Å². The Morgan fingerprint density at radius 1 is 1.70 bits per heavy atom. The third-order valence-electron chi connectivity index (χ3n) is 1.55. The fourth-order valence-corrected chi connectivity index (χ4v) is 1.93. The minimum atomic E-state index is 0. The molecule has 0 saturated heterocycles. The van der Waals surface area contributed by atoms with Crippen LogP contribution in [-0.4, -0.2) is 28.6 Å². The van der Waals surface area contributed by atoms with Crippen LogP contribution in [0.2, 0.25) is 0 Å². The molecule has 0 aromatic heterocycles. The Bertz CT molecular complexity index is 120. The largest absolute Gasteiger partial charge is 1.00 e. The predicted octanol–water partition coefficient (Wildman–Crippen LogP) is -4.01. The molecule has 1 heterocycles. The summed E-state index contributed by atoms with van der Waals surface area (Å²) in [5, 5.41) is 9.17. The number of nitrogens with one attached hydrogen (secondary N) is 1. The van der Waals surface area contributed by atoms with E-state index in [1.807, 2.05) is 5.55 Å². The number of hydrogen-bond donors (Lipinski definition) is 2. The van der Waals surface area contributed by atoms with Crippen molar-refractivity contribution < 1.29 is 27.1 Å². The van der Waals surface area contributed by atoms with Gasteiger partial charge >= 0.3 is 0 Å². The van der Waals surface area contributed by atoms with Crippen LogP contribution in [0, 0.1) is 0 Å². The molecule has 0 bridgehead atoms. The average molecular weight is 226 g/mol. The molecule has 0 aromatic carbocycles. The Morgan fingerprint density at radius 3 is 2.80 bits per heavy atom. The lowest BCUT2D eigenvalue weighted by atomic mass is 10.2. The van der Waals surface area contributed by atoms with Gasteiger partial charge in [-0.1, -0.05) is 11.8 Å². The molecule has 0 amide bonds. The number of aliphatic hydroxyl groups is 1. The van der Waals surface area contributed by atoms with Crippen molar-refractivity contribution in [3.05, 3.63) is 0 Å². The highest BCUT2D eigenvalue weighted by Gasteiger charge is 2.25. The van der Waals surface area contributed by atoms with Crippen LogP contribution in [0.25, 0.3) is 0 Å². The van der Waals surface area contributed by atoms with E-state index < -0.39 is 0 Å². The first kappa shape index (κ1) is 10.5. The molecule has 4 heteroatoms. The van der Waals surface area contributed by atoms with Gasteiger partial charge in [-0.25, -0.2) is 4.99 Å². The van der Waals surface area contributed by atoms with Gasteiger partial charge in [0.2, 0.25) is 0 Å². The lowest BCUT2D eigenvalue weighted by Crippen LogP contribution is -3.00. The Labute approximate surface area is 75.9 Å². The summed E-state index contributed by atoms with van der Waals surface area (Å²) in [6.45, 7) is 2.44. The smallest absolute Gasteiger partial charge is 0.197 e. The summed E-state index contributed by atoms with van der Waals surface area (Å²) in [5.41, 5.74) is 2.00. The zero-order valence-electron chi connectivity index (χ0n) is 5.88. The quantitative estimate of drug-likeness (QED) is 0.503. The van der Waals surface area contributed by atoms with Crippen LogP contribution in [0.5, 0.6) is 0 Å². The summed E-state index contributed by atoms with van der Waals surface area (Å²) in [4.78, 5) is 3.18. The minimum absolute atomic E-state index is 0. The number of hydrogen-bond acceptors (Lipinski definition) is 2. The third kappa shape index (κ3) is 2.60. The van der Waals surface area contributed by atoms with Gasteiger partial charge in [0.05, 0.1) is 5.25 Å². The highest BCUT2D eigenvalue weighted by Crippen LogP contribution is 2.15. The van der Waals surface area contributed by atoms with Crippen molar-refractivity contribution in [2.45, 2.75) is 24.6 Å². The van der Waals surface area contributed by atoms with Crippen LogP contribution in [0.3, 0.4) is 0 Å². The fourth-order valence-electron chi connectivity index (χ4n) is 0.904. The van der Waals surface area contributed by atoms with Gasteiger partial charge in [-0.15, -0.1) is 0 Å². The van der Waals surface area contributed by atoms with Crippen LogP contribution < -0.4 is 22.0 Å². The maximum atomic E-state index is 8.59. The maximum absolute atomic E-state index is 8.59.